The number of hydrogen-bond donors (Lipinski definition) is 1. The molecule has 132 valence electrons. The van der Waals surface area contributed by atoms with Gasteiger partial charge < -0.3 is 14.5 Å². The van der Waals surface area contributed by atoms with Gasteiger partial charge in [0.05, 0.1) is 18.4 Å². The summed E-state index contributed by atoms with van der Waals surface area (Å²) in [5.41, 5.74) is 0.320. The molecule has 1 amide bonds. The van der Waals surface area contributed by atoms with Crippen LogP contribution in [0.25, 0.3) is 0 Å². The highest BCUT2D eigenvalue weighted by Gasteiger charge is 2.16. The van der Waals surface area contributed by atoms with Crippen molar-refractivity contribution in [1.29, 1.82) is 0 Å². The maximum atomic E-state index is 12.3. The zero-order valence-corrected chi connectivity index (χ0v) is 14.6. The first-order valence-electron chi connectivity index (χ1n) is 7.86. The summed E-state index contributed by atoms with van der Waals surface area (Å²) in [6, 6.07) is 16.3. The molecule has 1 N–H and O–H groups in total. The molecule has 0 atom stereocenters. The van der Waals surface area contributed by atoms with Crippen molar-refractivity contribution in [3.05, 3.63) is 78.4 Å². The van der Waals surface area contributed by atoms with Gasteiger partial charge in [-0.1, -0.05) is 30.0 Å². The summed E-state index contributed by atoms with van der Waals surface area (Å²) in [7, 11) is 0. The smallest absolute Gasteiger partial charge is 0.341 e. The molecule has 0 saturated heterocycles. The van der Waals surface area contributed by atoms with Crippen molar-refractivity contribution in [2.45, 2.75) is 16.5 Å². The zero-order chi connectivity index (χ0) is 18.2. The molecule has 7 heteroatoms. The normalized spacial score (nSPS) is 10.3. The fourth-order valence-electron chi connectivity index (χ4n) is 2.09. The van der Waals surface area contributed by atoms with Crippen LogP contribution in [0.5, 0.6) is 0 Å². The van der Waals surface area contributed by atoms with Crippen LogP contribution < -0.4 is 5.32 Å². The number of nitrogens with zero attached hydrogens (tertiary/aromatic N) is 1. The standard InChI is InChI=1S/C19H16N2O4S/c22-17(21-12-14-6-5-11-24-14)13-25-19(23)16-9-4-10-20-18(16)26-15-7-2-1-3-8-15/h1-11H,12-13H2,(H,21,22). The van der Waals surface area contributed by atoms with Crippen LogP contribution in [0.4, 0.5) is 0 Å². The van der Waals surface area contributed by atoms with Gasteiger partial charge in [-0.25, -0.2) is 9.78 Å². The summed E-state index contributed by atoms with van der Waals surface area (Å²) < 4.78 is 10.2. The molecular formula is C19H16N2O4S. The van der Waals surface area contributed by atoms with E-state index in [4.69, 9.17) is 9.15 Å². The first-order chi connectivity index (χ1) is 12.7. The summed E-state index contributed by atoms with van der Waals surface area (Å²) in [5, 5.41) is 3.14. The molecule has 0 spiro atoms. The summed E-state index contributed by atoms with van der Waals surface area (Å²) in [5.74, 6) is -0.376. The second kappa shape index (κ2) is 8.87. The van der Waals surface area contributed by atoms with Crippen LogP contribution >= 0.6 is 11.8 Å². The predicted molar refractivity (Wildman–Crippen MR) is 95.6 cm³/mol. The van der Waals surface area contributed by atoms with Crippen LogP contribution in [0.1, 0.15) is 16.1 Å². The first-order valence-corrected chi connectivity index (χ1v) is 8.68. The van der Waals surface area contributed by atoms with Gasteiger partial charge in [-0.15, -0.1) is 0 Å². The second-order valence-electron chi connectivity index (χ2n) is 5.20. The fourth-order valence-corrected chi connectivity index (χ4v) is 2.98. The van der Waals surface area contributed by atoms with E-state index in [1.165, 1.54) is 18.0 Å². The van der Waals surface area contributed by atoms with E-state index in [1.54, 1.807) is 30.5 Å². The van der Waals surface area contributed by atoms with Gasteiger partial charge in [-0.2, -0.15) is 0 Å². The molecule has 0 radical (unpaired) electrons. The highest BCUT2D eigenvalue weighted by molar-refractivity contribution is 7.99. The lowest BCUT2D eigenvalue weighted by Gasteiger charge is -2.08. The Kier molecular flexibility index (Phi) is 6.05. The number of carbonyl (C=O) groups is 2. The van der Waals surface area contributed by atoms with E-state index in [9.17, 15) is 9.59 Å². The Morgan fingerprint density at radius 1 is 1.08 bits per heavy atom. The number of rotatable bonds is 7. The van der Waals surface area contributed by atoms with Crippen molar-refractivity contribution < 1.29 is 18.7 Å². The van der Waals surface area contributed by atoms with Gasteiger partial charge in [-0.3, -0.25) is 4.79 Å². The molecule has 3 rings (SSSR count). The lowest BCUT2D eigenvalue weighted by molar-refractivity contribution is -0.124. The number of amides is 1. The third-order valence-corrected chi connectivity index (χ3v) is 4.35. The summed E-state index contributed by atoms with van der Waals surface area (Å²) in [6.07, 6.45) is 3.13. The van der Waals surface area contributed by atoms with E-state index in [2.05, 4.69) is 10.3 Å². The van der Waals surface area contributed by atoms with E-state index >= 15 is 0 Å². The Bertz CT molecular complexity index is 866. The monoisotopic (exact) mass is 368 g/mol. The maximum Gasteiger partial charge on any atom is 0.341 e. The zero-order valence-electron chi connectivity index (χ0n) is 13.8. The average molecular weight is 368 g/mol. The number of hydrogen-bond acceptors (Lipinski definition) is 6. The van der Waals surface area contributed by atoms with Crippen LogP contribution in [0.15, 0.2) is 81.4 Å². The summed E-state index contributed by atoms with van der Waals surface area (Å²) in [6.45, 7) is -0.130. The largest absolute Gasteiger partial charge is 0.467 e. The molecule has 0 aliphatic carbocycles. The SMILES string of the molecule is O=C(COC(=O)c1cccnc1Sc1ccccc1)NCc1ccco1. The highest BCUT2D eigenvalue weighted by atomic mass is 32.2. The predicted octanol–water partition coefficient (Wildman–Crippen LogP) is 3.30. The number of nitrogens with one attached hydrogen (secondary N) is 1. The topological polar surface area (TPSA) is 81.4 Å². The maximum absolute atomic E-state index is 12.3. The average Bonchev–Trinajstić information content (AvgIpc) is 3.19. The van der Waals surface area contributed by atoms with Crippen LogP contribution in [0.3, 0.4) is 0 Å². The van der Waals surface area contributed by atoms with E-state index in [-0.39, 0.29) is 13.2 Å². The minimum atomic E-state index is -0.593. The highest BCUT2D eigenvalue weighted by Crippen LogP contribution is 2.28. The molecule has 0 bridgehead atoms. The van der Waals surface area contributed by atoms with E-state index in [0.29, 0.717) is 16.3 Å². The third-order valence-electron chi connectivity index (χ3n) is 3.32. The number of esters is 1. The van der Waals surface area contributed by atoms with E-state index < -0.39 is 11.9 Å². The Balaban J connectivity index is 1.56. The minimum Gasteiger partial charge on any atom is -0.467 e. The molecule has 2 aromatic heterocycles. The molecule has 3 aromatic rings. The molecule has 26 heavy (non-hydrogen) atoms. The van der Waals surface area contributed by atoms with Crippen molar-refractivity contribution in [2.75, 3.05) is 6.61 Å². The van der Waals surface area contributed by atoms with Gasteiger partial charge in [0.1, 0.15) is 10.8 Å². The van der Waals surface area contributed by atoms with Crippen molar-refractivity contribution in [2.24, 2.45) is 0 Å². The Labute approximate surface area is 154 Å². The molecule has 0 aliphatic rings. The molecule has 0 saturated carbocycles. The van der Waals surface area contributed by atoms with Crippen molar-refractivity contribution in [3.63, 3.8) is 0 Å². The Hall–Kier alpha value is -3.06. The van der Waals surface area contributed by atoms with Crippen molar-refractivity contribution >= 4 is 23.6 Å². The molecule has 1 aromatic carbocycles. The number of ether oxygens (including phenoxy) is 1. The number of aromatic nitrogens is 1. The molecule has 6 nitrogen and oxygen atoms in total. The van der Waals surface area contributed by atoms with Gasteiger partial charge in [0.15, 0.2) is 6.61 Å². The quantitative estimate of drug-likeness (QED) is 0.645. The van der Waals surface area contributed by atoms with Gasteiger partial charge in [0.2, 0.25) is 0 Å². The molecule has 0 aliphatic heterocycles. The Morgan fingerprint density at radius 2 is 1.92 bits per heavy atom. The number of benzene rings is 1. The lowest BCUT2D eigenvalue weighted by atomic mass is 10.3. The van der Waals surface area contributed by atoms with Crippen molar-refractivity contribution in [1.82, 2.24) is 10.3 Å². The fraction of sp³-hybridized carbons (Fsp3) is 0.105. The molecule has 2 heterocycles. The third kappa shape index (κ3) is 4.97. The van der Waals surface area contributed by atoms with Crippen LogP contribution in [-0.2, 0) is 16.1 Å². The van der Waals surface area contributed by atoms with Gasteiger partial charge in [0.25, 0.3) is 5.91 Å². The minimum absolute atomic E-state index is 0.241. The second-order valence-corrected chi connectivity index (χ2v) is 6.27. The van der Waals surface area contributed by atoms with E-state index in [1.807, 2.05) is 30.3 Å². The number of pyridine rings is 1. The lowest BCUT2D eigenvalue weighted by Crippen LogP contribution is -2.28. The first kappa shape index (κ1) is 17.8. The molecular weight excluding hydrogens is 352 g/mol. The van der Waals surface area contributed by atoms with Crippen LogP contribution in [0, 0.1) is 0 Å². The van der Waals surface area contributed by atoms with Gasteiger partial charge >= 0.3 is 5.97 Å². The molecule has 0 unspecified atom stereocenters. The van der Waals surface area contributed by atoms with Crippen molar-refractivity contribution in [3.8, 4) is 0 Å². The summed E-state index contributed by atoms with van der Waals surface area (Å²) in [4.78, 5) is 29.3. The number of furan rings is 1. The van der Waals surface area contributed by atoms with Crippen LogP contribution in [0.2, 0.25) is 0 Å². The van der Waals surface area contributed by atoms with E-state index in [0.717, 1.165) is 4.90 Å². The van der Waals surface area contributed by atoms with Gasteiger partial charge in [0, 0.05) is 11.1 Å². The van der Waals surface area contributed by atoms with Gasteiger partial charge in [-0.05, 0) is 36.4 Å². The number of carbonyl (C=O) groups excluding carboxylic acids is 2. The van der Waals surface area contributed by atoms with Crippen LogP contribution in [-0.4, -0.2) is 23.5 Å². The summed E-state index contributed by atoms with van der Waals surface area (Å²) >= 11 is 1.36. The Morgan fingerprint density at radius 3 is 2.69 bits per heavy atom. The molecule has 0 fully saturated rings.